The molecule has 8 heteroatoms. The number of hydrogen-bond donors (Lipinski definition) is 1. The summed E-state index contributed by atoms with van der Waals surface area (Å²) >= 11 is 6.11. The van der Waals surface area contributed by atoms with Crippen LogP contribution >= 0.6 is 11.6 Å². The molecule has 0 bridgehead atoms. The van der Waals surface area contributed by atoms with E-state index in [4.69, 9.17) is 16.6 Å². The van der Waals surface area contributed by atoms with Crippen LogP contribution in [0.2, 0.25) is 5.02 Å². The van der Waals surface area contributed by atoms with E-state index in [2.05, 4.69) is 42.8 Å². The summed E-state index contributed by atoms with van der Waals surface area (Å²) in [5.74, 6) is 0.904. The number of benzene rings is 2. The van der Waals surface area contributed by atoms with Gasteiger partial charge in [0.25, 0.3) is 0 Å². The molecule has 174 valence electrons. The Bertz CT molecular complexity index is 1170. The standard InChI is InChI=1S/C24H33ClN4O2S/c1-6-15-29-22-14-13-20(32(30,31)28(4)5)16-21(22)27-23(29)17-26-24(7-2,8-3)18-9-11-19(25)12-10-18/h9-14,16,26H,6-8,15,17H2,1-5H3. The number of nitrogens with one attached hydrogen (secondary N) is 1. The second kappa shape index (κ2) is 9.91. The van der Waals surface area contributed by atoms with E-state index in [0.717, 1.165) is 42.2 Å². The van der Waals surface area contributed by atoms with Gasteiger partial charge in [-0.1, -0.05) is 44.5 Å². The van der Waals surface area contributed by atoms with Crippen molar-refractivity contribution in [2.45, 2.75) is 63.6 Å². The molecule has 0 aliphatic rings. The van der Waals surface area contributed by atoms with Gasteiger partial charge in [0.1, 0.15) is 5.82 Å². The summed E-state index contributed by atoms with van der Waals surface area (Å²) < 4.78 is 28.6. The molecule has 3 aromatic rings. The lowest BCUT2D eigenvalue weighted by Crippen LogP contribution is -2.41. The van der Waals surface area contributed by atoms with Gasteiger partial charge in [-0.2, -0.15) is 0 Å². The summed E-state index contributed by atoms with van der Waals surface area (Å²) in [5.41, 5.74) is 2.65. The molecule has 0 atom stereocenters. The molecule has 0 saturated heterocycles. The number of fused-ring (bicyclic) bond motifs is 1. The van der Waals surface area contributed by atoms with Crippen LogP contribution in [-0.2, 0) is 28.7 Å². The lowest BCUT2D eigenvalue weighted by atomic mass is 9.84. The molecule has 3 rings (SSSR count). The minimum atomic E-state index is -3.51. The number of halogens is 1. The molecule has 0 aliphatic carbocycles. The van der Waals surface area contributed by atoms with Gasteiger partial charge in [0.2, 0.25) is 10.0 Å². The molecular weight excluding hydrogens is 444 g/mol. The molecule has 1 heterocycles. The van der Waals surface area contributed by atoms with Crippen LogP contribution in [0.4, 0.5) is 0 Å². The largest absolute Gasteiger partial charge is 0.327 e. The summed E-state index contributed by atoms with van der Waals surface area (Å²) in [5, 5.41) is 4.48. The quantitative estimate of drug-likeness (QED) is 0.439. The van der Waals surface area contributed by atoms with Crippen molar-refractivity contribution in [3.8, 4) is 0 Å². The first kappa shape index (κ1) is 24.7. The minimum Gasteiger partial charge on any atom is -0.327 e. The molecule has 0 aliphatic heterocycles. The molecule has 1 N–H and O–H groups in total. The average Bonchev–Trinajstić information content (AvgIpc) is 3.12. The topological polar surface area (TPSA) is 67.2 Å². The maximum Gasteiger partial charge on any atom is 0.242 e. The number of rotatable bonds is 10. The molecule has 0 spiro atoms. The monoisotopic (exact) mass is 476 g/mol. The lowest BCUT2D eigenvalue weighted by Gasteiger charge is -2.34. The fraction of sp³-hybridized carbons (Fsp3) is 0.458. The summed E-state index contributed by atoms with van der Waals surface area (Å²) in [7, 11) is -0.433. The molecule has 6 nitrogen and oxygen atoms in total. The third kappa shape index (κ3) is 4.71. The molecule has 1 aromatic heterocycles. The maximum absolute atomic E-state index is 12.6. The van der Waals surface area contributed by atoms with Gasteiger partial charge in [0, 0.05) is 31.2 Å². The minimum absolute atomic E-state index is 0.195. The van der Waals surface area contributed by atoms with Gasteiger partial charge in [-0.15, -0.1) is 0 Å². The Balaban J connectivity index is 1.99. The molecule has 0 amide bonds. The van der Waals surface area contributed by atoms with E-state index in [-0.39, 0.29) is 10.4 Å². The predicted molar refractivity (Wildman–Crippen MR) is 131 cm³/mol. The number of aromatic nitrogens is 2. The van der Waals surface area contributed by atoms with Gasteiger partial charge in [-0.05, 0) is 55.2 Å². The van der Waals surface area contributed by atoms with Crippen molar-refractivity contribution in [1.29, 1.82) is 0 Å². The Hall–Kier alpha value is -1.93. The number of imidazole rings is 1. The second-order valence-corrected chi connectivity index (χ2v) is 10.9. The summed E-state index contributed by atoms with van der Waals surface area (Å²) in [6.07, 6.45) is 2.80. The molecule has 0 unspecified atom stereocenters. The number of nitrogens with zero attached hydrogens (tertiary/aromatic N) is 3. The molecule has 0 saturated carbocycles. The maximum atomic E-state index is 12.6. The predicted octanol–water partition coefficient (Wildman–Crippen LogP) is 5.16. The Morgan fingerprint density at radius 2 is 1.72 bits per heavy atom. The SMILES string of the molecule is CCCn1c(CNC(CC)(CC)c2ccc(Cl)cc2)nc2cc(S(=O)(=O)N(C)C)ccc21. The zero-order valence-corrected chi connectivity index (χ0v) is 21.1. The van der Waals surface area contributed by atoms with Crippen molar-refractivity contribution < 1.29 is 8.42 Å². The Morgan fingerprint density at radius 3 is 2.28 bits per heavy atom. The van der Waals surface area contributed by atoms with Gasteiger partial charge >= 0.3 is 0 Å². The molecular formula is C24H33ClN4O2S. The first-order chi connectivity index (χ1) is 15.2. The normalized spacial score (nSPS) is 12.7. The molecule has 2 aromatic carbocycles. The van der Waals surface area contributed by atoms with Crippen molar-refractivity contribution in [2.75, 3.05) is 14.1 Å². The van der Waals surface area contributed by atoms with E-state index in [9.17, 15) is 8.42 Å². The van der Waals surface area contributed by atoms with Crippen LogP contribution in [-0.4, -0.2) is 36.4 Å². The van der Waals surface area contributed by atoms with Crippen LogP contribution in [0, 0.1) is 0 Å². The first-order valence-corrected chi connectivity index (χ1v) is 12.9. The van der Waals surface area contributed by atoms with E-state index in [1.807, 2.05) is 18.2 Å². The first-order valence-electron chi connectivity index (χ1n) is 11.1. The van der Waals surface area contributed by atoms with Crippen molar-refractivity contribution in [1.82, 2.24) is 19.2 Å². The van der Waals surface area contributed by atoms with E-state index in [1.165, 1.54) is 24.0 Å². The molecule has 0 fully saturated rings. The van der Waals surface area contributed by atoms with Crippen LogP contribution < -0.4 is 5.32 Å². The van der Waals surface area contributed by atoms with E-state index in [0.29, 0.717) is 12.1 Å². The van der Waals surface area contributed by atoms with Gasteiger partial charge in [0.05, 0.1) is 22.5 Å². The van der Waals surface area contributed by atoms with Crippen LogP contribution in [0.5, 0.6) is 0 Å². The molecule has 0 radical (unpaired) electrons. The summed E-state index contributed by atoms with van der Waals surface area (Å²) in [4.78, 5) is 5.10. The van der Waals surface area contributed by atoms with E-state index >= 15 is 0 Å². The second-order valence-electron chi connectivity index (χ2n) is 8.27. The van der Waals surface area contributed by atoms with Gasteiger partial charge < -0.3 is 9.88 Å². The smallest absolute Gasteiger partial charge is 0.242 e. The number of hydrogen-bond acceptors (Lipinski definition) is 4. The highest BCUT2D eigenvalue weighted by Gasteiger charge is 2.28. The Kier molecular flexibility index (Phi) is 7.65. The fourth-order valence-electron chi connectivity index (χ4n) is 4.17. The number of sulfonamides is 1. The number of aryl methyl sites for hydroxylation is 1. The van der Waals surface area contributed by atoms with Crippen molar-refractivity contribution in [3.05, 3.63) is 58.9 Å². The fourth-order valence-corrected chi connectivity index (χ4v) is 5.21. The van der Waals surface area contributed by atoms with Gasteiger partial charge in [-0.3, -0.25) is 0 Å². The van der Waals surface area contributed by atoms with Crippen LogP contribution in [0.1, 0.15) is 51.4 Å². The Labute approximate surface area is 196 Å². The lowest BCUT2D eigenvalue weighted by molar-refractivity contribution is 0.300. The van der Waals surface area contributed by atoms with Crippen molar-refractivity contribution in [2.24, 2.45) is 0 Å². The van der Waals surface area contributed by atoms with E-state index in [1.54, 1.807) is 12.1 Å². The zero-order chi connectivity index (χ0) is 23.5. The third-order valence-electron chi connectivity index (χ3n) is 6.21. The third-order valence-corrected chi connectivity index (χ3v) is 8.28. The zero-order valence-electron chi connectivity index (χ0n) is 19.5. The van der Waals surface area contributed by atoms with Gasteiger partial charge in [-0.25, -0.2) is 17.7 Å². The van der Waals surface area contributed by atoms with Gasteiger partial charge in [0.15, 0.2) is 0 Å². The highest BCUT2D eigenvalue weighted by Crippen LogP contribution is 2.31. The molecule has 32 heavy (non-hydrogen) atoms. The highest BCUT2D eigenvalue weighted by molar-refractivity contribution is 7.89. The average molecular weight is 477 g/mol. The van der Waals surface area contributed by atoms with E-state index < -0.39 is 10.0 Å². The van der Waals surface area contributed by atoms with Crippen LogP contribution in [0.3, 0.4) is 0 Å². The van der Waals surface area contributed by atoms with Crippen molar-refractivity contribution >= 4 is 32.7 Å². The van der Waals surface area contributed by atoms with Crippen molar-refractivity contribution in [3.63, 3.8) is 0 Å². The van der Waals surface area contributed by atoms with Crippen LogP contribution in [0.25, 0.3) is 11.0 Å². The summed E-state index contributed by atoms with van der Waals surface area (Å²) in [6, 6.07) is 13.2. The summed E-state index contributed by atoms with van der Waals surface area (Å²) in [6.45, 7) is 7.88. The Morgan fingerprint density at radius 1 is 1.06 bits per heavy atom. The van der Waals surface area contributed by atoms with Crippen LogP contribution in [0.15, 0.2) is 47.4 Å². The highest BCUT2D eigenvalue weighted by atomic mass is 35.5.